The maximum Gasteiger partial charge on any atom is 0.387 e. The van der Waals surface area contributed by atoms with Crippen molar-refractivity contribution in [3.8, 4) is 5.75 Å². The normalized spacial score (nSPS) is 20.2. The number of halogens is 2. The van der Waals surface area contributed by atoms with Crippen molar-refractivity contribution in [2.45, 2.75) is 39.1 Å². The number of hydrogen-bond acceptors (Lipinski definition) is 5. The lowest BCUT2D eigenvalue weighted by atomic mass is 10.2. The number of carbonyl (C=O) groups is 1. The zero-order chi connectivity index (χ0) is 19.8. The third kappa shape index (κ3) is 8.02. The predicted octanol–water partition coefficient (Wildman–Crippen LogP) is 2.10. The van der Waals surface area contributed by atoms with Gasteiger partial charge in [0.15, 0.2) is 5.11 Å². The van der Waals surface area contributed by atoms with E-state index < -0.39 is 6.61 Å². The smallest absolute Gasteiger partial charge is 0.387 e. The Morgan fingerprint density at radius 2 is 1.89 bits per heavy atom. The van der Waals surface area contributed by atoms with Crippen molar-refractivity contribution < 1.29 is 23.0 Å². The van der Waals surface area contributed by atoms with Crippen LogP contribution in [0, 0.1) is 0 Å². The lowest BCUT2D eigenvalue weighted by Crippen LogP contribution is -2.48. The molecule has 1 saturated heterocycles. The minimum Gasteiger partial charge on any atom is -0.435 e. The highest BCUT2D eigenvalue weighted by Crippen LogP contribution is 2.17. The van der Waals surface area contributed by atoms with Crippen LogP contribution >= 0.6 is 12.2 Å². The molecule has 0 unspecified atom stereocenters. The fraction of sp³-hybridized carbons (Fsp3) is 0.529. The minimum atomic E-state index is -2.87. The van der Waals surface area contributed by atoms with E-state index in [1.807, 2.05) is 13.8 Å². The van der Waals surface area contributed by atoms with Crippen LogP contribution in [0.2, 0.25) is 0 Å². The highest BCUT2D eigenvalue weighted by molar-refractivity contribution is 7.80. The summed E-state index contributed by atoms with van der Waals surface area (Å²) in [6.45, 7) is 3.40. The molecule has 1 aromatic rings. The van der Waals surface area contributed by atoms with Crippen LogP contribution in [0.25, 0.3) is 0 Å². The molecule has 1 heterocycles. The molecule has 0 aromatic heterocycles. The number of nitrogens with zero attached hydrogens (tertiary/aromatic N) is 1. The summed E-state index contributed by atoms with van der Waals surface area (Å²) < 4.78 is 34.1. The molecule has 7 nitrogen and oxygen atoms in total. The number of morpholine rings is 1. The second-order valence-corrected chi connectivity index (χ2v) is 6.71. The van der Waals surface area contributed by atoms with E-state index in [1.165, 1.54) is 24.3 Å². The number of thiocarbonyl (C=S) groups is 1. The fourth-order valence-electron chi connectivity index (χ4n) is 2.80. The molecule has 2 atom stereocenters. The molecule has 150 valence electrons. The molecule has 10 heteroatoms. The van der Waals surface area contributed by atoms with Gasteiger partial charge < -0.3 is 14.8 Å². The number of rotatable bonds is 6. The summed E-state index contributed by atoms with van der Waals surface area (Å²) in [5.74, 6) is -0.138. The molecule has 0 spiro atoms. The monoisotopic (exact) mass is 402 g/mol. The van der Waals surface area contributed by atoms with Crippen molar-refractivity contribution in [3.05, 3.63) is 24.3 Å². The molecule has 27 heavy (non-hydrogen) atoms. The number of carbonyl (C=O) groups excluding carboxylic acids is 1. The van der Waals surface area contributed by atoms with E-state index in [2.05, 4.69) is 25.8 Å². The van der Waals surface area contributed by atoms with Gasteiger partial charge in [0.2, 0.25) is 5.91 Å². The second kappa shape index (κ2) is 10.3. The average Bonchev–Trinajstić information content (AvgIpc) is 2.58. The van der Waals surface area contributed by atoms with Gasteiger partial charge in [-0.25, -0.2) is 0 Å². The molecule has 0 saturated carbocycles. The Hall–Kier alpha value is -2.04. The fourth-order valence-corrected chi connectivity index (χ4v) is 2.97. The Bertz CT molecular complexity index is 623. The molecule has 0 radical (unpaired) electrons. The highest BCUT2D eigenvalue weighted by atomic mass is 32.1. The first-order chi connectivity index (χ1) is 12.8. The van der Waals surface area contributed by atoms with Crippen LogP contribution in [-0.2, 0) is 9.53 Å². The molecular weight excluding hydrogens is 378 g/mol. The molecule has 3 N–H and O–H groups in total. The predicted molar refractivity (Wildman–Crippen MR) is 102 cm³/mol. The number of ether oxygens (including phenoxy) is 2. The van der Waals surface area contributed by atoms with E-state index >= 15 is 0 Å². The molecule has 1 fully saturated rings. The first-order valence-electron chi connectivity index (χ1n) is 8.60. The van der Waals surface area contributed by atoms with Crippen molar-refractivity contribution in [2.24, 2.45) is 0 Å². The summed E-state index contributed by atoms with van der Waals surface area (Å²) in [5.41, 5.74) is 5.71. The van der Waals surface area contributed by atoms with Crippen LogP contribution in [-0.4, -0.2) is 54.4 Å². The van der Waals surface area contributed by atoms with E-state index in [-0.39, 0.29) is 29.0 Å². The number of alkyl halides is 2. The SMILES string of the molecule is C[C@H]1CN(CCC(=O)NNC(=S)Nc2ccc(OC(F)F)cc2)C[C@H](C)O1. The number of hydrazine groups is 1. The molecule has 1 aliphatic rings. The summed E-state index contributed by atoms with van der Waals surface area (Å²) in [4.78, 5) is 14.1. The van der Waals surface area contributed by atoms with Crippen LogP contribution in [0.4, 0.5) is 14.5 Å². The number of amides is 1. The topological polar surface area (TPSA) is 74.9 Å². The van der Waals surface area contributed by atoms with E-state index in [0.29, 0.717) is 18.7 Å². The van der Waals surface area contributed by atoms with Crippen molar-refractivity contribution in [2.75, 3.05) is 25.0 Å². The van der Waals surface area contributed by atoms with Crippen molar-refractivity contribution in [3.63, 3.8) is 0 Å². The van der Waals surface area contributed by atoms with Gasteiger partial charge in [0.1, 0.15) is 5.75 Å². The van der Waals surface area contributed by atoms with E-state index in [0.717, 1.165) is 13.1 Å². The van der Waals surface area contributed by atoms with Crippen molar-refractivity contribution in [1.29, 1.82) is 0 Å². The van der Waals surface area contributed by atoms with Crippen LogP contribution in [0.5, 0.6) is 5.75 Å². The van der Waals surface area contributed by atoms with Crippen LogP contribution in [0.1, 0.15) is 20.3 Å². The van der Waals surface area contributed by atoms with Gasteiger partial charge in [-0.05, 0) is 50.3 Å². The van der Waals surface area contributed by atoms with Gasteiger partial charge in [0.05, 0.1) is 12.2 Å². The summed E-state index contributed by atoms with van der Waals surface area (Å²) in [6.07, 6.45) is 0.641. The zero-order valence-corrected chi connectivity index (χ0v) is 16.0. The Labute approximate surface area is 162 Å². The van der Waals surface area contributed by atoms with E-state index in [4.69, 9.17) is 17.0 Å². The first kappa shape index (κ1) is 21.3. The summed E-state index contributed by atoms with van der Waals surface area (Å²) >= 11 is 5.08. The zero-order valence-electron chi connectivity index (χ0n) is 15.2. The molecule has 1 amide bonds. The average molecular weight is 402 g/mol. The maximum absolute atomic E-state index is 12.1. The number of hydrogen-bond donors (Lipinski definition) is 3. The van der Waals surface area contributed by atoms with Gasteiger partial charge in [0, 0.05) is 31.7 Å². The van der Waals surface area contributed by atoms with Gasteiger partial charge in [-0.1, -0.05) is 0 Å². The lowest BCUT2D eigenvalue weighted by molar-refractivity contribution is -0.123. The highest BCUT2D eigenvalue weighted by Gasteiger charge is 2.22. The standard InChI is InChI=1S/C17H24F2N4O3S/c1-11-9-23(10-12(2)25-11)8-7-15(24)21-22-17(27)20-13-3-5-14(6-4-13)26-16(18)19/h3-6,11-12,16H,7-10H2,1-2H3,(H,21,24)(H2,20,22,27)/t11-,12-/m0/s1. The maximum atomic E-state index is 12.1. The summed E-state index contributed by atoms with van der Waals surface area (Å²) in [5, 5.41) is 3.01. The third-order valence-electron chi connectivity index (χ3n) is 3.80. The van der Waals surface area contributed by atoms with E-state index in [9.17, 15) is 13.6 Å². The van der Waals surface area contributed by atoms with Gasteiger partial charge >= 0.3 is 6.61 Å². The molecular formula is C17H24F2N4O3S. The van der Waals surface area contributed by atoms with Gasteiger partial charge in [0.25, 0.3) is 0 Å². The number of anilines is 1. The molecule has 0 bridgehead atoms. The van der Waals surface area contributed by atoms with Gasteiger partial charge in [-0.3, -0.25) is 20.5 Å². The third-order valence-corrected chi connectivity index (χ3v) is 4.01. The van der Waals surface area contributed by atoms with Crippen LogP contribution < -0.4 is 20.9 Å². The van der Waals surface area contributed by atoms with Crippen LogP contribution in [0.3, 0.4) is 0 Å². The quantitative estimate of drug-likeness (QED) is 0.497. The van der Waals surface area contributed by atoms with Crippen LogP contribution in [0.15, 0.2) is 24.3 Å². The Morgan fingerprint density at radius 3 is 2.48 bits per heavy atom. The molecule has 1 aliphatic heterocycles. The molecule has 2 rings (SSSR count). The molecule has 0 aliphatic carbocycles. The minimum absolute atomic E-state index is 0.0504. The summed E-state index contributed by atoms with van der Waals surface area (Å²) in [6, 6.07) is 5.85. The Kier molecular flexibility index (Phi) is 8.14. The van der Waals surface area contributed by atoms with E-state index in [1.54, 1.807) is 0 Å². The molecule has 1 aromatic carbocycles. The number of benzene rings is 1. The second-order valence-electron chi connectivity index (χ2n) is 6.30. The largest absolute Gasteiger partial charge is 0.435 e. The van der Waals surface area contributed by atoms with Crippen molar-refractivity contribution in [1.82, 2.24) is 15.8 Å². The number of nitrogens with one attached hydrogen (secondary N) is 3. The Balaban J connectivity index is 1.66. The summed E-state index contributed by atoms with van der Waals surface area (Å²) in [7, 11) is 0. The van der Waals surface area contributed by atoms with Gasteiger partial charge in [-0.15, -0.1) is 0 Å². The van der Waals surface area contributed by atoms with Gasteiger partial charge in [-0.2, -0.15) is 8.78 Å². The first-order valence-corrected chi connectivity index (χ1v) is 9.01. The lowest BCUT2D eigenvalue weighted by Gasteiger charge is -2.35. The Morgan fingerprint density at radius 1 is 1.26 bits per heavy atom. The van der Waals surface area contributed by atoms with Crippen molar-refractivity contribution >= 4 is 28.9 Å².